The predicted molar refractivity (Wildman–Crippen MR) is 47.0 cm³/mol. The van der Waals surface area contributed by atoms with Crippen LogP contribution in [0.3, 0.4) is 0 Å². The summed E-state index contributed by atoms with van der Waals surface area (Å²) in [6, 6.07) is 0. The first-order valence-electron chi connectivity index (χ1n) is 3.57. The van der Waals surface area contributed by atoms with E-state index in [1.807, 2.05) is 11.8 Å². The highest BCUT2D eigenvalue weighted by molar-refractivity contribution is 7.99. The molecule has 0 aromatic heterocycles. The highest BCUT2D eigenvalue weighted by Crippen LogP contribution is 2.04. The van der Waals surface area contributed by atoms with Gasteiger partial charge in [-0.25, -0.2) is 0 Å². The average Bonchev–Trinajstić information content (AvgIpc) is 1.98. The first kappa shape index (κ1) is 9.98. The summed E-state index contributed by atoms with van der Waals surface area (Å²) in [5.41, 5.74) is 0. The van der Waals surface area contributed by atoms with Crippen LogP contribution in [0, 0.1) is 5.41 Å². The minimum Gasteiger partial charge on any atom is -0.387 e. The molecule has 1 unspecified atom stereocenters. The quantitative estimate of drug-likeness (QED) is 0.458. The van der Waals surface area contributed by atoms with Gasteiger partial charge >= 0.3 is 0 Å². The molecule has 0 aromatic carbocycles. The maximum Gasteiger partial charge on any atom is 0.0884 e. The molecule has 2 nitrogen and oxygen atoms in total. The molecule has 0 rings (SSSR count). The van der Waals surface area contributed by atoms with Crippen molar-refractivity contribution in [2.45, 2.75) is 25.9 Å². The molecule has 0 aromatic rings. The highest BCUT2D eigenvalue weighted by Gasteiger charge is 1.96. The molecule has 0 aliphatic heterocycles. The summed E-state index contributed by atoms with van der Waals surface area (Å²) in [5.74, 6) is 2.24. The minimum atomic E-state index is -0.516. The van der Waals surface area contributed by atoms with E-state index in [0.717, 1.165) is 30.6 Å². The Morgan fingerprint density at radius 3 is 2.90 bits per heavy atom. The van der Waals surface area contributed by atoms with Crippen LogP contribution in [0.2, 0.25) is 0 Å². The summed E-state index contributed by atoms with van der Waals surface area (Å²) in [5, 5.41) is 15.6. The normalized spacial score (nSPS) is 13.0. The fourth-order valence-corrected chi connectivity index (χ4v) is 1.28. The van der Waals surface area contributed by atoms with E-state index in [1.54, 1.807) is 0 Å². The Hall–Kier alpha value is -0.0200. The van der Waals surface area contributed by atoms with Gasteiger partial charge in [0.05, 0.1) is 6.10 Å². The van der Waals surface area contributed by atoms with Gasteiger partial charge in [0.25, 0.3) is 0 Å². The smallest absolute Gasteiger partial charge is 0.0884 e. The predicted octanol–water partition coefficient (Wildman–Crippen LogP) is 1.53. The molecular formula is C7H15NOS. The van der Waals surface area contributed by atoms with Crippen molar-refractivity contribution in [3.05, 3.63) is 0 Å². The number of nitrogens with one attached hydrogen (secondary N) is 1. The van der Waals surface area contributed by atoms with Crippen molar-refractivity contribution in [3.63, 3.8) is 0 Å². The van der Waals surface area contributed by atoms with Gasteiger partial charge in [-0.2, -0.15) is 11.8 Å². The molecule has 0 heterocycles. The van der Waals surface area contributed by atoms with Crippen LogP contribution in [-0.4, -0.2) is 28.9 Å². The van der Waals surface area contributed by atoms with Gasteiger partial charge in [0.15, 0.2) is 0 Å². The lowest BCUT2D eigenvalue weighted by atomic mass is 10.2. The zero-order chi connectivity index (χ0) is 7.82. The maximum atomic E-state index is 8.90. The lowest BCUT2D eigenvalue weighted by Gasteiger charge is -2.01. The summed E-state index contributed by atoms with van der Waals surface area (Å²) in [4.78, 5) is 0. The van der Waals surface area contributed by atoms with E-state index in [9.17, 15) is 0 Å². The van der Waals surface area contributed by atoms with Crippen molar-refractivity contribution in [2.75, 3.05) is 11.5 Å². The number of rotatable bonds is 6. The zero-order valence-electron chi connectivity index (χ0n) is 6.34. The van der Waals surface area contributed by atoms with Gasteiger partial charge in [-0.05, 0) is 24.3 Å². The first-order chi connectivity index (χ1) is 4.81. The molecule has 0 spiro atoms. The molecule has 0 aliphatic rings. The van der Waals surface area contributed by atoms with Gasteiger partial charge in [0.1, 0.15) is 0 Å². The third-order valence-electron chi connectivity index (χ3n) is 1.19. The SMILES string of the molecule is CCSCCCC(O)C=N. The van der Waals surface area contributed by atoms with Gasteiger partial charge in [-0.1, -0.05) is 6.92 Å². The summed E-state index contributed by atoms with van der Waals surface area (Å²) >= 11 is 1.87. The molecule has 0 saturated carbocycles. The third kappa shape index (κ3) is 6.11. The Bertz CT molecular complexity index is 87.7. The van der Waals surface area contributed by atoms with Crippen molar-refractivity contribution in [1.82, 2.24) is 0 Å². The Morgan fingerprint density at radius 1 is 1.70 bits per heavy atom. The second-order valence-corrected chi connectivity index (χ2v) is 3.47. The lowest BCUT2D eigenvalue weighted by molar-refractivity contribution is 0.234. The summed E-state index contributed by atoms with van der Waals surface area (Å²) in [7, 11) is 0. The molecule has 0 aliphatic carbocycles. The fraction of sp³-hybridized carbons (Fsp3) is 0.857. The van der Waals surface area contributed by atoms with E-state index in [-0.39, 0.29) is 0 Å². The average molecular weight is 161 g/mol. The molecule has 10 heavy (non-hydrogen) atoms. The van der Waals surface area contributed by atoms with Crippen LogP contribution >= 0.6 is 11.8 Å². The Labute approximate surface area is 66.5 Å². The van der Waals surface area contributed by atoms with Crippen LogP contribution in [0.25, 0.3) is 0 Å². The fourth-order valence-electron chi connectivity index (χ4n) is 0.622. The highest BCUT2D eigenvalue weighted by atomic mass is 32.2. The number of hydrogen-bond acceptors (Lipinski definition) is 3. The second-order valence-electron chi connectivity index (χ2n) is 2.07. The molecule has 60 valence electrons. The zero-order valence-corrected chi connectivity index (χ0v) is 7.16. The van der Waals surface area contributed by atoms with Crippen LogP contribution in [0.4, 0.5) is 0 Å². The Morgan fingerprint density at radius 2 is 2.40 bits per heavy atom. The van der Waals surface area contributed by atoms with E-state index in [1.165, 1.54) is 0 Å². The van der Waals surface area contributed by atoms with E-state index >= 15 is 0 Å². The van der Waals surface area contributed by atoms with Crippen LogP contribution in [0.1, 0.15) is 19.8 Å². The van der Waals surface area contributed by atoms with Gasteiger partial charge in [0, 0.05) is 6.21 Å². The molecule has 0 amide bonds. The van der Waals surface area contributed by atoms with E-state index < -0.39 is 6.10 Å². The van der Waals surface area contributed by atoms with Crippen LogP contribution in [-0.2, 0) is 0 Å². The Kier molecular flexibility index (Phi) is 7.08. The van der Waals surface area contributed by atoms with Crippen LogP contribution in [0.5, 0.6) is 0 Å². The van der Waals surface area contributed by atoms with Crippen molar-refractivity contribution in [1.29, 1.82) is 5.41 Å². The topological polar surface area (TPSA) is 44.1 Å². The van der Waals surface area contributed by atoms with Crippen molar-refractivity contribution in [3.8, 4) is 0 Å². The minimum absolute atomic E-state index is 0.516. The van der Waals surface area contributed by atoms with Gasteiger partial charge < -0.3 is 10.5 Å². The van der Waals surface area contributed by atoms with Crippen LogP contribution < -0.4 is 0 Å². The standard InChI is InChI=1S/C7H15NOS/c1-2-10-5-3-4-7(9)6-8/h6-9H,2-5H2,1H3. The van der Waals surface area contributed by atoms with Crippen molar-refractivity contribution >= 4 is 18.0 Å². The lowest BCUT2D eigenvalue weighted by Crippen LogP contribution is -2.06. The van der Waals surface area contributed by atoms with Gasteiger partial charge in [0.2, 0.25) is 0 Å². The molecule has 0 radical (unpaired) electrons. The number of thioether (sulfide) groups is 1. The summed E-state index contributed by atoms with van der Waals surface area (Å²) in [6.07, 6.45) is 2.32. The largest absolute Gasteiger partial charge is 0.387 e. The molecule has 0 bridgehead atoms. The monoisotopic (exact) mass is 161 g/mol. The Balaban J connectivity index is 2.95. The molecular weight excluding hydrogens is 146 g/mol. The summed E-state index contributed by atoms with van der Waals surface area (Å²) < 4.78 is 0. The van der Waals surface area contributed by atoms with Crippen molar-refractivity contribution < 1.29 is 5.11 Å². The first-order valence-corrected chi connectivity index (χ1v) is 4.73. The number of hydrogen-bond donors (Lipinski definition) is 2. The molecule has 1 atom stereocenters. The molecule has 2 N–H and O–H groups in total. The van der Waals surface area contributed by atoms with Crippen molar-refractivity contribution in [2.24, 2.45) is 0 Å². The third-order valence-corrected chi connectivity index (χ3v) is 2.17. The molecule has 3 heteroatoms. The molecule has 0 fully saturated rings. The van der Waals surface area contributed by atoms with Gasteiger partial charge in [-0.3, -0.25) is 0 Å². The second kappa shape index (κ2) is 7.09. The van der Waals surface area contributed by atoms with E-state index in [2.05, 4.69) is 6.92 Å². The maximum absolute atomic E-state index is 8.90. The summed E-state index contributed by atoms with van der Waals surface area (Å²) in [6.45, 7) is 2.12. The molecule has 0 saturated heterocycles. The number of aliphatic hydroxyl groups excluding tert-OH is 1. The van der Waals surface area contributed by atoms with E-state index in [4.69, 9.17) is 10.5 Å². The van der Waals surface area contributed by atoms with Crippen LogP contribution in [0.15, 0.2) is 0 Å². The van der Waals surface area contributed by atoms with E-state index in [0.29, 0.717) is 0 Å². The number of aliphatic hydroxyl groups is 1. The van der Waals surface area contributed by atoms with Gasteiger partial charge in [-0.15, -0.1) is 0 Å².